The first-order valence-electron chi connectivity index (χ1n) is 9.68. The minimum atomic E-state index is 0.614. The van der Waals surface area contributed by atoms with E-state index >= 15 is 0 Å². The van der Waals surface area contributed by atoms with E-state index in [1.165, 1.54) is 11.1 Å². The standard InChI is InChI=1S/C24H23ClN4/c1-18-8-7-9-19(14-18)17-29-27-23(24(28-29)20-10-3-2-4-11-20)16-26-15-21-12-5-6-13-22(21)25/h2-14,26H,15-17H2,1H3. The van der Waals surface area contributed by atoms with Crippen LogP contribution in [0.2, 0.25) is 5.02 Å². The van der Waals surface area contributed by atoms with Crippen molar-refractivity contribution in [2.75, 3.05) is 0 Å². The number of aryl methyl sites for hydroxylation is 1. The Morgan fingerprint density at radius 1 is 0.862 bits per heavy atom. The van der Waals surface area contributed by atoms with Crippen molar-refractivity contribution in [3.8, 4) is 11.3 Å². The Morgan fingerprint density at radius 3 is 2.45 bits per heavy atom. The van der Waals surface area contributed by atoms with Crippen molar-refractivity contribution in [2.45, 2.75) is 26.6 Å². The first-order valence-corrected chi connectivity index (χ1v) is 10.1. The maximum Gasteiger partial charge on any atom is 0.117 e. The van der Waals surface area contributed by atoms with Crippen LogP contribution < -0.4 is 5.32 Å². The third-order valence-corrected chi connectivity index (χ3v) is 5.11. The first-order chi connectivity index (χ1) is 14.2. The number of hydrogen-bond acceptors (Lipinski definition) is 3. The van der Waals surface area contributed by atoms with Crippen LogP contribution in [-0.2, 0) is 19.6 Å². The smallest absolute Gasteiger partial charge is 0.117 e. The molecule has 1 heterocycles. The van der Waals surface area contributed by atoms with Gasteiger partial charge in [-0.3, -0.25) is 0 Å². The Labute approximate surface area is 176 Å². The van der Waals surface area contributed by atoms with Crippen LogP contribution in [0.15, 0.2) is 78.9 Å². The highest BCUT2D eigenvalue weighted by molar-refractivity contribution is 6.31. The summed E-state index contributed by atoms with van der Waals surface area (Å²) in [5.41, 5.74) is 6.40. The molecule has 146 valence electrons. The van der Waals surface area contributed by atoms with E-state index in [-0.39, 0.29) is 0 Å². The highest BCUT2D eigenvalue weighted by Crippen LogP contribution is 2.21. The SMILES string of the molecule is Cc1cccc(Cn2nc(CNCc3ccccc3Cl)c(-c3ccccc3)n2)c1. The van der Waals surface area contributed by atoms with Crippen LogP contribution in [0.4, 0.5) is 0 Å². The Balaban J connectivity index is 1.55. The summed E-state index contributed by atoms with van der Waals surface area (Å²) in [4.78, 5) is 1.78. The number of halogens is 1. The zero-order valence-electron chi connectivity index (χ0n) is 16.3. The summed E-state index contributed by atoms with van der Waals surface area (Å²) in [7, 11) is 0. The van der Waals surface area contributed by atoms with E-state index in [2.05, 4.69) is 48.6 Å². The molecule has 0 saturated carbocycles. The van der Waals surface area contributed by atoms with Crippen molar-refractivity contribution < 1.29 is 0 Å². The van der Waals surface area contributed by atoms with E-state index in [4.69, 9.17) is 21.8 Å². The van der Waals surface area contributed by atoms with Gasteiger partial charge < -0.3 is 5.32 Å². The molecule has 0 aliphatic carbocycles. The number of rotatable bonds is 7. The maximum absolute atomic E-state index is 6.27. The molecule has 1 N–H and O–H groups in total. The first kappa shape index (κ1) is 19.4. The highest BCUT2D eigenvalue weighted by atomic mass is 35.5. The molecule has 0 radical (unpaired) electrons. The van der Waals surface area contributed by atoms with Gasteiger partial charge in [-0.15, -0.1) is 0 Å². The van der Waals surface area contributed by atoms with Gasteiger partial charge in [0.1, 0.15) is 11.4 Å². The molecule has 4 nitrogen and oxygen atoms in total. The van der Waals surface area contributed by atoms with Crippen molar-refractivity contribution in [1.82, 2.24) is 20.3 Å². The number of aromatic nitrogens is 3. The average molecular weight is 403 g/mol. The predicted octanol–water partition coefficient (Wildman–Crippen LogP) is 5.25. The van der Waals surface area contributed by atoms with E-state index in [0.717, 1.165) is 27.5 Å². The molecule has 0 bridgehead atoms. The largest absolute Gasteiger partial charge is 0.307 e. The van der Waals surface area contributed by atoms with Gasteiger partial charge >= 0.3 is 0 Å². The fourth-order valence-electron chi connectivity index (χ4n) is 3.32. The van der Waals surface area contributed by atoms with Crippen LogP contribution in [0.5, 0.6) is 0 Å². The molecule has 0 saturated heterocycles. The van der Waals surface area contributed by atoms with Crippen LogP contribution >= 0.6 is 11.6 Å². The fourth-order valence-corrected chi connectivity index (χ4v) is 3.53. The van der Waals surface area contributed by atoms with Crippen molar-refractivity contribution in [2.24, 2.45) is 0 Å². The van der Waals surface area contributed by atoms with Crippen molar-refractivity contribution in [1.29, 1.82) is 0 Å². The van der Waals surface area contributed by atoms with Crippen molar-refractivity contribution in [3.05, 3.63) is 106 Å². The predicted molar refractivity (Wildman–Crippen MR) is 118 cm³/mol. The minimum absolute atomic E-state index is 0.614. The molecule has 3 aromatic carbocycles. The van der Waals surface area contributed by atoms with E-state index in [0.29, 0.717) is 19.6 Å². The van der Waals surface area contributed by atoms with Gasteiger partial charge in [0.2, 0.25) is 0 Å². The normalized spacial score (nSPS) is 11.0. The van der Waals surface area contributed by atoms with Gasteiger partial charge in [-0.2, -0.15) is 15.0 Å². The Kier molecular flexibility index (Phi) is 6.03. The lowest BCUT2D eigenvalue weighted by Gasteiger charge is -2.06. The van der Waals surface area contributed by atoms with Gasteiger partial charge in [-0.05, 0) is 24.1 Å². The average Bonchev–Trinajstić information content (AvgIpc) is 3.12. The summed E-state index contributed by atoms with van der Waals surface area (Å²) in [5.74, 6) is 0. The summed E-state index contributed by atoms with van der Waals surface area (Å²) in [6.07, 6.45) is 0. The number of nitrogens with zero attached hydrogens (tertiary/aromatic N) is 3. The van der Waals surface area contributed by atoms with Crippen LogP contribution in [0, 0.1) is 6.92 Å². The lowest BCUT2D eigenvalue weighted by Crippen LogP contribution is -2.14. The lowest BCUT2D eigenvalue weighted by molar-refractivity contribution is 0.576. The van der Waals surface area contributed by atoms with E-state index < -0.39 is 0 Å². The van der Waals surface area contributed by atoms with E-state index in [1.807, 2.05) is 42.5 Å². The molecule has 0 atom stereocenters. The van der Waals surface area contributed by atoms with Crippen LogP contribution in [0.1, 0.15) is 22.4 Å². The van der Waals surface area contributed by atoms with Crippen molar-refractivity contribution >= 4 is 11.6 Å². The number of nitrogens with one attached hydrogen (secondary N) is 1. The molecule has 1 aromatic heterocycles. The molecule has 0 unspecified atom stereocenters. The van der Waals surface area contributed by atoms with Gasteiger partial charge in [-0.1, -0.05) is 90.0 Å². The molecular formula is C24H23ClN4. The van der Waals surface area contributed by atoms with Crippen molar-refractivity contribution in [3.63, 3.8) is 0 Å². The minimum Gasteiger partial charge on any atom is -0.307 e. The molecule has 4 aromatic rings. The Bertz CT molecular complexity index is 1090. The molecule has 0 fully saturated rings. The van der Waals surface area contributed by atoms with Crippen LogP contribution in [0.25, 0.3) is 11.3 Å². The summed E-state index contributed by atoms with van der Waals surface area (Å²) in [5, 5.41) is 13.8. The van der Waals surface area contributed by atoms with Crippen LogP contribution in [-0.4, -0.2) is 15.0 Å². The Morgan fingerprint density at radius 2 is 1.66 bits per heavy atom. The van der Waals surface area contributed by atoms with Gasteiger partial charge in [0.25, 0.3) is 0 Å². The molecular weight excluding hydrogens is 380 g/mol. The maximum atomic E-state index is 6.27. The third kappa shape index (κ3) is 4.91. The topological polar surface area (TPSA) is 42.7 Å². The third-order valence-electron chi connectivity index (χ3n) is 4.74. The number of hydrogen-bond donors (Lipinski definition) is 1. The molecule has 0 aliphatic heterocycles. The van der Waals surface area contributed by atoms with Gasteiger partial charge in [0.15, 0.2) is 0 Å². The lowest BCUT2D eigenvalue weighted by atomic mass is 10.1. The fraction of sp³-hybridized carbons (Fsp3) is 0.167. The molecule has 0 amide bonds. The summed E-state index contributed by atoms with van der Waals surface area (Å²) in [6.45, 7) is 4.04. The molecule has 0 aliphatic rings. The Hall–Kier alpha value is -2.95. The number of benzene rings is 3. The molecule has 5 heteroatoms. The monoisotopic (exact) mass is 402 g/mol. The molecule has 29 heavy (non-hydrogen) atoms. The second-order valence-corrected chi connectivity index (χ2v) is 7.48. The molecule has 4 rings (SSSR count). The molecule has 0 spiro atoms. The quantitative estimate of drug-likeness (QED) is 0.459. The van der Waals surface area contributed by atoms with Gasteiger partial charge in [0.05, 0.1) is 6.54 Å². The summed E-state index contributed by atoms with van der Waals surface area (Å²) < 4.78 is 0. The van der Waals surface area contributed by atoms with E-state index in [9.17, 15) is 0 Å². The zero-order valence-corrected chi connectivity index (χ0v) is 17.1. The van der Waals surface area contributed by atoms with E-state index in [1.54, 1.807) is 4.80 Å². The second kappa shape index (κ2) is 9.03. The van der Waals surface area contributed by atoms with Gasteiger partial charge in [-0.25, -0.2) is 0 Å². The summed E-state index contributed by atoms with van der Waals surface area (Å²) >= 11 is 6.27. The highest BCUT2D eigenvalue weighted by Gasteiger charge is 2.13. The van der Waals surface area contributed by atoms with Gasteiger partial charge in [0, 0.05) is 23.7 Å². The van der Waals surface area contributed by atoms with Crippen LogP contribution in [0.3, 0.4) is 0 Å². The zero-order chi connectivity index (χ0) is 20.1. The summed E-state index contributed by atoms with van der Waals surface area (Å²) in [6, 6.07) is 26.5. The second-order valence-electron chi connectivity index (χ2n) is 7.08.